The van der Waals surface area contributed by atoms with Gasteiger partial charge in [-0.25, -0.2) is 9.97 Å². The quantitative estimate of drug-likeness (QED) is 0.611. The van der Waals surface area contributed by atoms with E-state index in [1.165, 1.54) is 11.3 Å². The van der Waals surface area contributed by atoms with Crippen LogP contribution in [0.1, 0.15) is 9.67 Å². The van der Waals surface area contributed by atoms with Crippen molar-refractivity contribution >= 4 is 23.2 Å². The van der Waals surface area contributed by atoms with E-state index in [1.807, 2.05) is 41.8 Å². The van der Waals surface area contributed by atoms with Crippen molar-refractivity contribution in [3.05, 3.63) is 58.9 Å². The first-order valence-corrected chi connectivity index (χ1v) is 10.9. The highest BCUT2D eigenvalue weighted by atomic mass is 32.1. The van der Waals surface area contributed by atoms with E-state index in [4.69, 9.17) is 14.2 Å². The summed E-state index contributed by atoms with van der Waals surface area (Å²) < 4.78 is 17.1. The zero-order chi connectivity index (χ0) is 21.2. The Bertz CT molecular complexity index is 1040. The first-order chi connectivity index (χ1) is 15.2. The second-order valence-electron chi connectivity index (χ2n) is 7.40. The predicted molar refractivity (Wildman–Crippen MR) is 116 cm³/mol. The molecule has 0 unspecified atom stereocenters. The monoisotopic (exact) mass is 438 g/mol. The van der Waals surface area contributed by atoms with Crippen LogP contribution in [0.3, 0.4) is 0 Å². The molecule has 0 aliphatic carbocycles. The van der Waals surface area contributed by atoms with E-state index in [0.717, 1.165) is 17.0 Å². The van der Waals surface area contributed by atoms with Gasteiger partial charge in [-0.1, -0.05) is 6.07 Å². The molecule has 4 atom stereocenters. The lowest BCUT2D eigenvalue weighted by molar-refractivity contribution is 0.0652. The number of hydrogen-bond acceptors (Lipinski definition) is 8. The van der Waals surface area contributed by atoms with Gasteiger partial charge in [0, 0.05) is 11.8 Å². The number of rotatable bonds is 6. The summed E-state index contributed by atoms with van der Waals surface area (Å²) in [5, 5.41) is 8.25. The van der Waals surface area contributed by atoms with Crippen molar-refractivity contribution in [3.63, 3.8) is 0 Å². The molecule has 2 aliphatic heterocycles. The molecule has 5 rings (SSSR count). The van der Waals surface area contributed by atoms with Crippen molar-refractivity contribution in [1.82, 2.24) is 15.3 Å². The molecule has 2 fully saturated rings. The summed E-state index contributed by atoms with van der Waals surface area (Å²) in [6.07, 6.45) is 1.34. The van der Waals surface area contributed by atoms with Gasteiger partial charge in [0.15, 0.2) is 0 Å². The fraction of sp³-hybridized carbons (Fsp3) is 0.318. The van der Waals surface area contributed by atoms with Crippen molar-refractivity contribution in [2.75, 3.05) is 25.6 Å². The SMILES string of the molecule is COc1ccc(-c2ccnc(N[C@@H]3CO[C@@H]4[C@@H]3OC[C@@H]4NC(=O)c3cccs3)n2)cc1. The maximum atomic E-state index is 12.4. The number of carbonyl (C=O) groups excluding carboxylic acids is 1. The normalized spacial score (nSPS) is 24.5. The van der Waals surface area contributed by atoms with E-state index < -0.39 is 0 Å². The summed E-state index contributed by atoms with van der Waals surface area (Å²) in [5.74, 6) is 1.21. The molecule has 0 saturated carbocycles. The highest BCUT2D eigenvalue weighted by molar-refractivity contribution is 7.12. The first-order valence-electron chi connectivity index (χ1n) is 10.0. The fourth-order valence-electron chi connectivity index (χ4n) is 3.91. The molecule has 0 bridgehead atoms. The standard InChI is InChI=1S/C22H22N4O4S/c1-28-14-6-4-13(5-7-14)15-8-9-23-22(25-15)26-17-12-30-19-16(11-29-20(17)19)24-21(27)18-3-2-10-31-18/h2-10,16-17,19-20H,11-12H2,1H3,(H,24,27)(H,23,25,26)/t16-,17+,19-,20+/m0/s1. The van der Waals surface area contributed by atoms with Crippen LogP contribution < -0.4 is 15.4 Å². The molecule has 1 amide bonds. The van der Waals surface area contributed by atoms with Crippen LogP contribution in [0.15, 0.2) is 54.0 Å². The van der Waals surface area contributed by atoms with Gasteiger partial charge in [-0.3, -0.25) is 4.79 Å². The summed E-state index contributed by atoms with van der Waals surface area (Å²) in [7, 11) is 1.64. The van der Waals surface area contributed by atoms with E-state index >= 15 is 0 Å². The third kappa shape index (κ3) is 4.12. The maximum absolute atomic E-state index is 12.4. The molecule has 0 spiro atoms. The van der Waals surface area contributed by atoms with Crippen LogP contribution in [-0.2, 0) is 9.47 Å². The molecular weight excluding hydrogens is 416 g/mol. The van der Waals surface area contributed by atoms with Crippen molar-refractivity contribution in [2.45, 2.75) is 24.3 Å². The fourth-order valence-corrected chi connectivity index (χ4v) is 4.54. The summed E-state index contributed by atoms with van der Waals surface area (Å²) in [6, 6.07) is 13.0. The van der Waals surface area contributed by atoms with Crippen molar-refractivity contribution in [3.8, 4) is 17.0 Å². The Morgan fingerprint density at radius 1 is 1.10 bits per heavy atom. The van der Waals surface area contributed by atoms with Crippen LogP contribution in [0.4, 0.5) is 5.95 Å². The molecule has 4 heterocycles. The van der Waals surface area contributed by atoms with Crippen molar-refractivity contribution in [1.29, 1.82) is 0 Å². The highest BCUT2D eigenvalue weighted by Crippen LogP contribution is 2.29. The number of benzene rings is 1. The van der Waals surface area contributed by atoms with Crippen LogP contribution in [0.2, 0.25) is 0 Å². The Labute approximate surface area is 183 Å². The molecule has 1 aromatic carbocycles. The van der Waals surface area contributed by atoms with Crippen LogP contribution in [0, 0.1) is 0 Å². The smallest absolute Gasteiger partial charge is 0.261 e. The summed E-state index contributed by atoms with van der Waals surface area (Å²) in [6.45, 7) is 0.869. The average Bonchev–Trinajstić information content (AvgIpc) is 3.55. The Morgan fingerprint density at radius 3 is 2.61 bits per heavy atom. The van der Waals surface area contributed by atoms with E-state index in [2.05, 4.69) is 20.6 Å². The molecule has 2 N–H and O–H groups in total. The van der Waals surface area contributed by atoms with Gasteiger partial charge >= 0.3 is 0 Å². The van der Waals surface area contributed by atoms with Gasteiger partial charge in [-0.2, -0.15) is 0 Å². The van der Waals surface area contributed by atoms with E-state index in [0.29, 0.717) is 24.0 Å². The molecule has 0 radical (unpaired) electrons. The van der Waals surface area contributed by atoms with Gasteiger partial charge < -0.3 is 24.8 Å². The number of nitrogens with zero attached hydrogens (tertiary/aromatic N) is 2. The number of hydrogen-bond donors (Lipinski definition) is 2. The molecule has 3 aromatic rings. The highest BCUT2D eigenvalue weighted by Gasteiger charge is 2.48. The minimum atomic E-state index is -0.203. The van der Waals surface area contributed by atoms with E-state index in [9.17, 15) is 4.79 Å². The minimum Gasteiger partial charge on any atom is -0.497 e. The van der Waals surface area contributed by atoms with Gasteiger partial charge in [0.05, 0.1) is 43.0 Å². The zero-order valence-electron chi connectivity index (χ0n) is 16.9. The molecule has 2 saturated heterocycles. The molecule has 2 aromatic heterocycles. The zero-order valence-corrected chi connectivity index (χ0v) is 17.7. The average molecular weight is 439 g/mol. The largest absolute Gasteiger partial charge is 0.497 e. The summed E-state index contributed by atoms with van der Waals surface area (Å²) >= 11 is 1.41. The number of thiophene rings is 1. The molecule has 31 heavy (non-hydrogen) atoms. The van der Waals surface area contributed by atoms with E-state index in [1.54, 1.807) is 19.4 Å². The number of fused-ring (bicyclic) bond motifs is 1. The molecule has 160 valence electrons. The van der Waals surface area contributed by atoms with Gasteiger partial charge in [0.2, 0.25) is 5.95 Å². The number of ether oxygens (including phenoxy) is 3. The van der Waals surface area contributed by atoms with Crippen LogP contribution in [-0.4, -0.2) is 60.5 Å². The number of anilines is 1. The van der Waals surface area contributed by atoms with Gasteiger partial charge in [-0.15, -0.1) is 11.3 Å². The number of amides is 1. The lowest BCUT2D eigenvalue weighted by atomic mass is 10.1. The minimum absolute atomic E-state index is 0.0974. The summed E-state index contributed by atoms with van der Waals surface area (Å²) in [5.41, 5.74) is 1.78. The number of aromatic nitrogens is 2. The van der Waals surface area contributed by atoms with Crippen molar-refractivity contribution < 1.29 is 19.0 Å². The number of carbonyl (C=O) groups is 1. The third-order valence-corrected chi connectivity index (χ3v) is 6.34. The van der Waals surface area contributed by atoms with Gasteiger partial charge in [-0.05, 0) is 41.8 Å². The molecular formula is C22H22N4O4S. The van der Waals surface area contributed by atoms with Gasteiger partial charge in [0.1, 0.15) is 18.0 Å². The number of nitrogens with one attached hydrogen (secondary N) is 2. The van der Waals surface area contributed by atoms with Crippen LogP contribution in [0.25, 0.3) is 11.3 Å². The Kier molecular flexibility index (Phi) is 5.54. The Morgan fingerprint density at radius 2 is 1.87 bits per heavy atom. The van der Waals surface area contributed by atoms with Crippen LogP contribution in [0.5, 0.6) is 5.75 Å². The molecule has 9 heteroatoms. The Hall–Kier alpha value is -3.01. The predicted octanol–water partition coefficient (Wildman–Crippen LogP) is 2.59. The maximum Gasteiger partial charge on any atom is 0.261 e. The van der Waals surface area contributed by atoms with Gasteiger partial charge in [0.25, 0.3) is 5.91 Å². The second-order valence-corrected chi connectivity index (χ2v) is 8.35. The third-order valence-electron chi connectivity index (χ3n) is 5.47. The molecule has 8 nitrogen and oxygen atoms in total. The lowest BCUT2D eigenvalue weighted by Gasteiger charge is -2.18. The van der Waals surface area contributed by atoms with Crippen LogP contribution >= 0.6 is 11.3 Å². The summed E-state index contributed by atoms with van der Waals surface area (Å²) in [4.78, 5) is 22.0. The Balaban J connectivity index is 1.24. The number of methoxy groups -OCH3 is 1. The lowest BCUT2D eigenvalue weighted by Crippen LogP contribution is -2.44. The molecule has 2 aliphatic rings. The van der Waals surface area contributed by atoms with E-state index in [-0.39, 0.29) is 30.2 Å². The second kappa shape index (κ2) is 8.62. The topological polar surface area (TPSA) is 94.6 Å². The first kappa shape index (κ1) is 19.9. The van der Waals surface area contributed by atoms with Crippen molar-refractivity contribution in [2.24, 2.45) is 0 Å².